The zero-order valence-corrected chi connectivity index (χ0v) is 10.5. The first kappa shape index (κ1) is 14.2. The summed E-state index contributed by atoms with van der Waals surface area (Å²) < 4.78 is 0. The van der Waals surface area contributed by atoms with E-state index in [1.165, 1.54) is 4.90 Å². The van der Waals surface area contributed by atoms with Gasteiger partial charge in [0.1, 0.15) is 0 Å². The first-order valence-electron chi connectivity index (χ1n) is 4.87. The van der Waals surface area contributed by atoms with Crippen molar-refractivity contribution >= 4 is 23.5 Å². The van der Waals surface area contributed by atoms with Gasteiger partial charge in [-0.05, 0) is 5.41 Å². The molecule has 0 aromatic heterocycles. The molecular weight excluding hydrogens is 216 g/mol. The van der Waals surface area contributed by atoms with Crippen LogP contribution >= 0.6 is 11.6 Å². The van der Waals surface area contributed by atoms with Crippen molar-refractivity contribution < 1.29 is 9.59 Å². The molecule has 3 amide bonds. The van der Waals surface area contributed by atoms with Crippen LogP contribution in [0, 0.1) is 5.41 Å². The molecule has 0 radical (unpaired) electrons. The number of carbonyl (C=O) groups is 2. The third-order valence-corrected chi connectivity index (χ3v) is 1.82. The SMILES string of the molecule is CN(CC(C)(C)C)C(=O)NC(=O)CCCl. The van der Waals surface area contributed by atoms with Crippen molar-refractivity contribution in [2.24, 2.45) is 5.41 Å². The summed E-state index contributed by atoms with van der Waals surface area (Å²) in [4.78, 5) is 24.0. The molecule has 0 aliphatic carbocycles. The van der Waals surface area contributed by atoms with Gasteiger partial charge in [0.05, 0.1) is 0 Å². The Morgan fingerprint density at radius 3 is 2.27 bits per heavy atom. The molecule has 0 aliphatic heterocycles. The highest BCUT2D eigenvalue weighted by Crippen LogP contribution is 2.13. The lowest BCUT2D eigenvalue weighted by molar-refractivity contribution is -0.119. The lowest BCUT2D eigenvalue weighted by Crippen LogP contribution is -2.43. The molecule has 15 heavy (non-hydrogen) atoms. The molecule has 0 spiro atoms. The number of carbonyl (C=O) groups excluding carboxylic acids is 2. The van der Waals surface area contributed by atoms with Crippen LogP contribution in [0.1, 0.15) is 27.2 Å². The Kier molecular flexibility index (Phi) is 5.65. The second kappa shape index (κ2) is 5.95. The van der Waals surface area contributed by atoms with E-state index in [-0.39, 0.29) is 29.7 Å². The third kappa shape index (κ3) is 7.19. The first-order chi connectivity index (χ1) is 6.76. The van der Waals surface area contributed by atoms with E-state index in [4.69, 9.17) is 11.6 Å². The van der Waals surface area contributed by atoms with Crippen LogP contribution in [0.4, 0.5) is 4.79 Å². The molecule has 0 saturated carbocycles. The Morgan fingerprint density at radius 2 is 1.87 bits per heavy atom. The molecular formula is C10H19ClN2O2. The summed E-state index contributed by atoms with van der Waals surface area (Å²) in [5.41, 5.74) is 0.0155. The maximum absolute atomic E-state index is 11.5. The minimum absolute atomic E-state index is 0.0155. The molecule has 88 valence electrons. The Balaban J connectivity index is 4.05. The molecule has 0 aromatic rings. The zero-order valence-electron chi connectivity index (χ0n) is 9.76. The van der Waals surface area contributed by atoms with E-state index in [0.29, 0.717) is 6.54 Å². The predicted octanol–water partition coefficient (Wildman–Crippen LogP) is 1.83. The fraction of sp³-hybridized carbons (Fsp3) is 0.800. The Hall–Kier alpha value is -0.770. The van der Waals surface area contributed by atoms with Crippen LogP contribution in [-0.2, 0) is 4.79 Å². The molecule has 5 heteroatoms. The van der Waals surface area contributed by atoms with Gasteiger partial charge in [-0.15, -0.1) is 11.6 Å². The van der Waals surface area contributed by atoms with Gasteiger partial charge in [-0.3, -0.25) is 10.1 Å². The minimum atomic E-state index is -0.375. The molecule has 4 nitrogen and oxygen atoms in total. The highest BCUT2D eigenvalue weighted by Gasteiger charge is 2.18. The van der Waals surface area contributed by atoms with Crippen LogP contribution in [0.2, 0.25) is 0 Å². The Morgan fingerprint density at radius 1 is 1.33 bits per heavy atom. The molecule has 0 unspecified atom stereocenters. The van der Waals surface area contributed by atoms with Crippen LogP contribution in [0.3, 0.4) is 0 Å². The third-order valence-electron chi connectivity index (χ3n) is 1.63. The number of urea groups is 1. The number of hydrogen-bond acceptors (Lipinski definition) is 2. The summed E-state index contributed by atoms with van der Waals surface area (Å²) in [6.45, 7) is 6.67. The van der Waals surface area contributed by atoms with Gasteiger partial charge in [0.25, 0.3) is 0 Å². The van der Waals surface area contributed by atoms with Gasteiger partial charge in [-0.25, -0.2) is 4.79 Å². The smallest absolute Gasteiger partial charge is 0.323 e. The van der Waals surface area contributed by atoms with Crippen LogP contribution < -0.4 is 5.32 Å². The number of nitrogens with one attached hydrogen (secondary N) is 1. The van der Waals surface area contributed by atoms with Crippen LogP contribution in [0.5, 0.6) is 0 Å². The van der Waals surface area contributed by atoms with Crippen molar-refractivity contribution in [3.8, 4) is 0 Å². The average molecular weight is 235 g/mol. The van der Waals surface area contributed by atoms with E-state index in [9.17, 15) is 9.59 Å². The van der Waals surface area contributed by atoms with Crippen LogP contribution in [0.15, 0.2) is 0 Å². The number of hydrogen-bond donors (Lipinski definition) is 1. The highest BCUT2D eigenvalue weighted by molar-refractivity contribution is 6.19. The van der Waals surface area contributed by atoms with Crippen LogP contribution in [-0.4, -0.2) is 36.3 Å². The maximum atomic E-state index is 11.5. The summed E-state index contributed by atoms with van der Waals surface area (Å²) in [6.07, 6.45) is 0.163. The van der Waals surface area contributed by atoms with E-state index in [2.05, 4.69) is 5.32 Å². The normalized spacial score (nSPS) is 11.0. The molecule has 0 bridgehead atoms. The van der Waals surface area contributed by atoms with Gasteiger partial charge in [0.15, 0.2) is 0 Å². The molecule has 0 fully saturated rings. The second-order valence-corrected chi connectivity index (χ2v) is 5.09. The fourth-order valence-electron chi connectivity index (χ4n) is 1.15. The highest BCUT2D eigenvalue weighted by atomic mass is 35.5. The van der Waals surface area contributed by atoms with Crippen molar-refractivity contribution in [3.63, 3.8) is 0 Å². The molecule has 0 heterocycles. The lowest BCUT2D eigenvalue weighted by atomic mass is 9.96. The van der Waals surface area contributed by atoms with E-state index < -0.39 is 0 Å². The largest absolute Gasteiger partial charge is 0.327 e. The molecule has 0 atom stereocenters. The van der Waals surface area contributed by atoms with Crippen LogP contribution in [0.25, 0.3) is 0 Å². The van der Waals surface area contributed by atoms with E-state index in [1.54, 1.807) is 7.05 Å². The number of imide groups is 1. The van der Waals surface area contributed by atoms with E-state index in [0.717, 1.165) is 0 Å². The van der Waals surface area contributed by atoms with Crippen molar-refractivity contribution in [3.05, 3.63) is 0 Å². The molecule has 0 aromatic carbocycles. The van der Waals surface area contributed by atoms with Crippen molar-refractivity contribution in [1.82, 2.24) is 10.2 Å². The lowest BCUT2D eigenvalue weighted by Gasteiger charge is -2.26. The van der Waals surface area contributed by atoms with Gasteiger partial charge in [0.2, 0.25) is 5.91 Å². The number of nitrogens with zero attached hydrogens (tertiary/aromatic N) is 1. The summed E-state index contributed by atoms with van der Waals surface area (Å²) >= 11 is 5.38. The predicted molar refractivity (Wildman–Crippen MR) is 61.0 cm³/mol. The first-order valence-corrected chi connectivity index (χ1v) is 5.40. The molecule has 0 saturated heterocycles. The summed E-state index contributed by atoms with van der Waals surface area (Å²) in [5.74, 6) is -0.113. The van der Waals surface area contributed by atoms with E-state index in [1.807, 2.05) is 20.8 Å². The van der Waals surface area contributed by atoms with Crippen molar-refractivity contribution in [2.75, 3.05) is 19.5 Å². The second-order valence-electron chi connectivity index (χ2n) is 4.71. The zero-order chi connectivity index (χ0) is 12.1. The number of rotatable bonds is 3. The van der Waals surface area contributed by atoms with Gasteiger partial charge in [0, 0.05) is 25.9 Å². The number of halogens is 1. The minimum Gasteiger partial charge on any atom is -0.327 e. The Labute approximate surface area is 96.0 Å². The van der Waals surface area contributed by atoms with Gasteiger partial charge in [-0.1, -0.05) is 20.8 Å². The summed E-state index contributed by atoms with van der Waals surface area (Å²) in [7, 11) is 1.66. The van der Waals surface area contributed by atoms with Gasteiger partial charge >= 0.3 is 6.03 Å². The van der Waals surface area contributed by atoms with Crippen molar-refractivity contribution in [1.29, 1.82) is 0 Å². The Bertz CT molecular complexity index is 236. The number of amides is 3. The standard InChI is InChI=1S/C10H19ClN2O2/c1-10(2,3)7-13(4)9(15)12-8(14)5-6-11/h5-7H2,1-4H3,(H,12,14,15). The fourth-order valence-corrected chi connectivity index (χ4v) is 1.32. The molecule has 0 rings (SSSR count). The average Bonchev–Trinajstić information content (AvgIpc) is 2.00. The van der Waals surface area contributed by atoms with Gasteiger partial charge in [-0.2, -0.15) is 0 Å². The van der Waals surface area contributed by atoms with E-state index >= 15 is 0 Å². The summed E-state index contributed by atoms with van der Waals surface area (Å²) in [6, 6.07) is -0.375. The quantitative estimate of drug-likeness (QED) is 0.758. The topological polar surface area (TPSA) is 49.4 Å². The van der Waals surface area contributed by atoms with Crippen molar-refractivity contribution in [2.45, 2.75) is 27.2 Å². The summed E-state index contributed by atoms with van der Waals surface area (Å²) in [5, 5.41) is 2.27. The van der Waals surface area contributed by atoms with Gasteiger partial charge < -0.3 is 4.90 Å². The monoisotopic (exact) mass is 234 g/mol. The maximum Gasteiger partial charge on any atom is 0.323 e. The number of alkyl halides is 1. The molecule has 1 N–H and O–H groups in total. The molecule has 0 aliphatic rings.